The Morgan fingerprint density at radius 2 is 1.25 bits per heavy atom. The molecule has 1 nitrogen and oxygen atoms in total. The summed E-state index contributed by atoms with van der Waals surface area (Å²) in [6, 6.07) is 42.7. The van der Waals surface area contributed by atoms with E-state index in [0.717, 1.165) is 12.8 Å². The van der Waals surface area contributed by atoms with Crippen molar-refractivity contribution in [1.82, 2.24) is 0 Å². The highest BCUT2D eigenvalue weighted by Crippen LogP contribution is 2.54. The Morgan fingerprint density at radius 3 is 1.98 bits per heavy atom. The number of benzene rings is 6. The van der Waals surface area contributed by atoms with Crippen LogP contribution in [0.25, 0.3) is 38.7 Å². The van der Waals surface area contributed by atoms with Crippen LogP contribution in [0.4, 0.5) is 17.1 Å². The van der Waals surface area contributed by atoms with Gasteiger partial charge in [-0.2, -0.15) is 0 Å². The molecule has 6 aromatic carbocycles. The van der Waals surface area contributed by atoms with Gasteiger partial charge in [0, 0.05) is 10.8 Å². The second-order valence-electron chi connectivity index (χ2n) is 11.7. The fourth-order valence-electron chi connectivity index (χ4n) is 7.20. The molecule has 0 bridgehead atoms. The SMILES string of the molecule is CC1(C)c2ccccc2N(c2cc3cc(-c4ccccc4)c4c(c3c3ccccc23)C=CCC4)c2ccccc21. The zero-order valence-corrected chi connectivity index (χ0v) is 23.0. The largest absolute Gasteiger partial charge is 0.309 e. The predicted octanol–water partition coefficient (Wildman–Crippen LogP) is 10.7. The third-order valence-corrected chi connectivity index (χ3v) is 9.08. The summed E-state index contributed by atoms with van der Waals surface area (Å²) < 4.78 is 0. The lowest BCUT2D eigenvalue weighted by atomic mass is 9.73. The fourth-order valence-corrected chi connectivity index (χ4v) is 7.20. The second kappa shape index (κ2) is 8.69. The van der Waals surface area contributed by atoms with Gasteiger partial charge in [-0.05, 0) is 86.6 Å². The quantitative estimate of drug-likeness (QED) is 0.208. The molecule has 1 aliphatic heterocycles. The first-order chi connectivity index (χ1) is 19.6. The maximum Gasteiger partial charge on any atom is 0.0546 e. The standard InChI is InChI=1S/C39H31N/c1-39(2)33-20-10-12-22-35(33)40(36-23-13-11-21-34(36)39)37-25-27-24-32(26-14-4-3-5-15-26)28-16-6-8-18-30(28)38(27)31-19-9-7-17-29(31)37/h3-5,7-15,17-25H,6,16H2,1-2H3. The van der Waals surface area contributed by atoms with Crippen molar-refractivity contribution in [3.8, 4) is 11.1 Å². The number of hydrogen-bond acceptors (Lipinski definition) is 1. The van der Waals surface area contributed by atoms with Crippen LogP contribution in [0.3, 0.4) is 0 Å². The highest BCUT2D eigenvalue weighted by Gasteiger charge is 2.37. The van der Waals surface area contributed by atoms with Gasteiger partial charge in [-0.25, -0.2) is 0 Å². The molecule has 8 rings (SSSR count). The minimum Gasteiger partial charge on any atom is -0.309 e. The van der Waals surface area contributed by atoms with Gasteiger partial charge in [0.2, 0.25) is 0 Å². The normalized spacial score (nSPS) is 15.1. The predicted molar refractivity (Wildman–Crippen MR) is 171 cm³/mol. The van der Waals surface area contributed by atoms with Crippen molar-refractivity contribution in [2.24, 2.45) is 0 Å². The number of nitrogens with zero attached hydrogens (tertiary/aromatic N) is 1. The number of fused-ring (bicyclic) bond motifs is 7. The van der Waals surface area contributed by atoms with Gasteiger partial charge >= 0.3 is 0 Å². The van der Waals surface area contributed by atoms with Crippen molar-refractivity contribution < 1.29 is 0 Å². The van der Waals surface area contributed by atoms with Crippen LogP contribution in [0.15, 0.2) is 121 Å². The van der Waals surface area contributed by atoms with E-state index in [9.17, 15) is 0 Å². The van der Waals surface area contributed by atoms with Crippen molar-refractivity contribution >= 4 is 44.7 Å². The zero-order chi connectivity index (χ0) is 26.8. The fraction of sp³-hybridized carbons (Fsp3) is 0.128. The second-order valence-corrected chi connectivity index (χ2v) is 11.7. The molecule has 1 heterocycles. The highest BCUT2D eigenvalue weighted by molar-refractivity contribution is 6.18. The Morgan fingerprint density at radius 1 is 0.625 bits per heavy atom. The number of hydrogen-bond donors (Lipinski definition) is 0. The topological polar surface area (TPSA) is 3.24 Å². The summed E-state index contributed by atoms with van der Waals surface area (Å²) >= 11 is 0. The molecule has 0 saturated heterocycles. The Balaban J connectivity index is 1.50. The van der Waals surface area contributed by atoms with E-state index in [-0.39, 0.29) is 5.41 Å². The molecular formula is C39H31N. The molecule has 0 atom stereocenters. The van der Waals surface area contributed by atoms with Crippen LogP contribution in [0.5, 0.6) is 0 Å². The number of para-hydroxylation sites is 2. The maximum atomic E-state index is 2.51. The molecule has 0 unspecified atom stereocenters. The van der Waals surface area contributed by atoms with Gasteiger partial charge in [0.1, 0.15) is 0 Å². The van der Waals surface area contributed by atoms with Gasteiger partial charge in [-0.15, -0.1) is 0 Å². The first kappa shape index (κ1) is 23.3. The van der Waals surface area contributed by atoms with Crippen LogP contribution in [0.2, 0.25) is 0 Å². The summed E-state index contributed by atoms with van der Waals surface area (Å²) in [6.07, 6.45) is 6.88. The van der Waals surface area contributed by atoms with Gasteiger partial charge in [-0.1, -0.05) is 117 Å². The Hall–Kier alpha value is -4.62. The highest BCUT2D eigenvalue weighted by atomic mass is 15.2. The van der Waals surface area contributed by atoms with Crippen LogP contribution in [0.1, 0.15) is 42.5 Å². The first-order valence-corrected chi connectivity index (χ1v) is 14.4. The van der Waals surface area contributed by atoms with Crippen molar-refractivity contribution in [1.29, 1.82) is 0 Å². The van der Waals surface area contributed by atoms with E-state index in [1.807, 2.05) is 0 Å². The van der Waals surface area contributed by atoms with Crippen molar-refractivity contribution in [3.05, 3.63) is 144 Å². The van der Waals surface area contributed by atoms with E-state index in [1.54, 1.807) is 0 Å². The smallest absolute Gasteiger partial charge is 0.0546 e. The van der Waals surface area contributed by atoms with E-state index in [1.165, 1.54) is 72.0 Å². The molecule has 0 amide bonds. The average Bonchev–Trinajstić information content (AvgIpc) is 3.01. The van der Waals surface area contributed by atoms with E-state index in [2.05, 4.69) is 146 Å². The third kappa shape index (κ3) is 3.27. The molecule has 0 aromatic heterocycles. The molecule has 40 heavy (non-hydrogen) atoms. The Labute approximate surface area is 236 Å². The molecule has 192 valence electrons. The molecule has 6 aromatic rings. The maximum absolute atomic E-state index is 2.51. The minimum atomic E-state index is -0.0827. The van der Waals surface area contributed by atoms with Crippen LogP contribution in [-0.2, 0) is 11.8 Å². The van der Waals surface area contributed by atoms with Crippen molar-refractivity contribution in [2.75, 3.05) is 4.90 Å². The Kier molecular flexibility index (Phi) is 5.06. The monoisotopic (exact) mass is 513 g/mol. The molecule has 0 spiro atoms. The lowest BCUT2D eigenvalue weighted by Gasteiger charge is -2.42. The summed E-state index contributed by atoms with van der Waals surface area (Å²) in [7, 11) is 0. The summed E-state index contributed by atoms with van der Waals surface area (Å²) in [5.41, 5.74) is 11.9. The molecule has 0 N–H and O–H groups in total. The molecule has 2 aliphatic rings. The zero-order valence-electron chi connectivity index (χ0n) is 23.0. The first-order valence-electron chi connectivity index (χ1n) is 14.4. The van der Waals surface area contributed by atoms with Crippen LogP contribution >= 0.6 is 0 Å². The number of rotatable bonds is 2. The third-order valence-electron chi connectivity index (χ3n) is 9.08. The summed E-state index contributed by atoms with van der Waals surface area (Å²) in [5.74, 6) is 0. The Bertz CT molecular complexity index is 1930. The van der Waals surface area contributed by atoms with Gasteiger partial charge in [0.05, 0.1) is 17.1 Å². The van der Waals surface area contributed by atoms with Crippen LogP contribution in [-0.4, -0.2) is 0 Å². The summed E-state index contributed by atoms with van der Waals surface area (Å²) in [4.78, 5) is 2.51. The van der Waals surface area contributed by atoms with Crippen molar-refractivity contribution in [3.63, 3.8) is 0 Å². The van der Waals surface area contributed by atoms with Gasteiger partial charge in [0.15, 0.2) is 0 Å². The average molecular weight is 514 g/mol. The van der Waals surface area contributed by atoms with E-state index in [0.29, 0.717) is 0 Å². The molecule has 0 fully saturated rings. The number of allylic oxidation sites excluding steroid dienone is 1. The number of anilines is 3. The summed E-state index contributed by atoms with van der Waals surface area (Å²) in [5, 5.41) is 5.26. The van der Waals surface area contributed by atoms with Crippen molar-refractivity contribution in [2.45, 2.75) is 32.1 Å². The van der Waals surface area contributed by atoms with Gasteiger partial charge in [-0.3, -0.25) is 0 Å². The van der Waals surface area contributed by atoms with Crippen LogP contribution < -0.4 is 4.90 Å². The van der Waals surface area contributed by atoms with E-state index in [4.69, 9.17) is 0 Å². The lowest BCUT2D eigenvalue weighted by molar-refractivity contribution is 0.632. The van der Waals surface area contributed by atoms with E-state index >= 15 is 0 Å². The molecular weight excluding hydrogens is 482 g/mol. The van der Waals surface area contributed by atoms with Gasteiger partial charge < -0.3 is 4.90 Å². The molecule has 0 saturated carbocycles. The lowest BCUT2D eigenvalue weighted by Crippen LogP contribution is -2.30. The molecule has 1 heteroatoms. The summed E-state index contributed by atoms with van der Waals surface area (Å²) in [6.45, 7) is 4.70. The minimum absolute atomic E-state index is 0.0827. The van der Waals surface area contributed by atoms with Crippen LogP contribution in [0, 0.1) is 0 Å². The molecule has 1 aliphatic carbocycles. The van der Waals surface area contributed by atoms with Gasteiger partial charge in [0.25, 0.3) is 0 Å². The van der Waals surface area contributed by atoms with E-state index < -0.39 is 0 Å². The molecule has 0 radical (unpaired) electrons.